The van der Waals surface area contributed by atoms with Gasteiger partial charge in [-0.2, -0.15) is 0 Å². The van der Waals surface area contributed by atoms with Crippen LogP contribution in [0.5, 0.6) is 0 Å². The molecule has 1 rings (SSSR count). The van der Waals surface area contributed by atoms with Gasteiger partial charge in [0.1, 0.15) is 12.1 Å². The first kappa shape index (κ1) is 12.6. The van der Waals surface area contributed by atoms with Crippen LogP contribution in [-0.4, -0.2) is 27.7 Å². The molecule has 1 aromatic rings. The van der Waals surface area contributed by atoms with Gasteiger partial charge in [0.2, 0.25) is 0 Å². The molecule has 0 fully saturated rings. The maximum atomic E-state index is 10.4. The molecule has 5 heteroatoms. The lowest BCUT2D eigenvalue weighted by Gasteiger charge is -2.14. The largest absolute Gasteiger partial charge is 0.480 e. The SMILES string of the molecule is N[C@@H](C(=O)O)[C@@H](O)c1ccccc1.O. The Morgan fingerprint density at radius 1 is 1.29 bits per heavy atom. The maximum absolute atomic E-state index is 10.4. The number of benzene rings is 1. The van der Waals surface area contributed by atoms with E-state index in [4.69, 9.17) is 10.8 Å². The standard InChI is InChI=1S/C9H11NO3.H2O/c10-7(9(12)13)8(11)6-4-2-1-3-5-6;/h1-5,7-8,11H,10H2,(H,12,13);1H2/t7-,8+;/m1./s1. The Hall–Kier alpha value is -1.43. The minimum atomic E-state index is -1.28. The van der Waals surface area contributed by atoms with Gasteiger partial charge in [-0.15, -0.1) is 0 Å². The molecule has 14 heavy (non-hydrogen) atoms. The van der Waals surface area contributed by atoms with Gasteiger partial charge < -0.3 is 21.4 Å². The summed E-state index contributed by atoms with van der Waals surface area (Å²) in [7, 11) is 0. The monoisotopic (exact) mass is 199 g/mol. The first-order valence-corrected chi connectivity index (χ1v) is 3.84. The molecule has 0 aliphatic heterocycles. The number of aliphatic hydroxyl groups is 1. The summed E-state index contributed by atoms with van der Waals surface area (Å²) in [6.45, 7) is 0. The van der Waals surface area contributed by atoms with Crippen molar-refractivity contribution in [2.75, 3.05) is 0 Å². The fraction of sp³-hybridized carbons (Fsp3) is 0.222. The number of carboxylic acids is 1. The van der Waals surface area contributed by atoms with Gasteiger partial charge in [-0.05, 0) is 5.56 Å². The predicted octanol–water partition coefficient (Wildman–Crippen LogP) is -0.693. The lowest BCUT2D eigenvalue weighted by Crippen LogP contribution is -2.36. The van der Waals surface area contributed by atoms with E-state index in [0.717, 1.165) is 0 Å². The Kier molecular flexibility index (Phi) is 4.79. The second-order valence-corrected chi connectivity index (χ2v) is 2.72. The zero-order valence-electron chi connectivity index (χ0n) is 7.42. The van der Waals surface area contributed by atoms with Crippen LogP contribution in [-0.2, 0) is 4.79 Å². The highest BCUT2D eigenvalue weighted by atomic mass is 16.4. The molecule has 0 spiro atoms. The summed E-state index contributed by atoms with van der Waals surface area (Å²) in [4.78, 5) is 10.4. The van der Waals surface area contributed by atoms with Gasteiger partial charge in [0.25, 0.3) is 0 Å². The fourth-order valence-electron chi connectivity index (χ4n) is 0.993. The first-order valence-electron chi connectivity index (χ1n) is 3.84. The summed E-state index contributed by atoms with van der Waals surface area (Å²) in [6, 6.07) is 7.20. The van der Waals surface area contributed by atoms with Crippen LogP contribution in [0.1, 0.15) is 11.7 Å². The van der Waals surface area contributed by atoms with E-state index >= 15 is 0 Å². The Balaban J connectivity index is 0.00000169. The fourth-order valence-corrected chi connectivity index (χ4v) is 0.993. The lowest BCUT2D eigenvalue weighted by molar-refractivity contribution is -0.141. The zero-order chi connectivity index (χ0) is 9.84. The van der Waals surface area contributed by atoms with E-state index in [1.54, 1.807) is 30.3 Å². The second kappa shape index (κ2) is 5.33. The smallest absolute Gasteiger partial charge is 0.323 e. The number of rotatable bonds is 3. The summed E-state index contributed by atoms with van der Waals surface area (Å²) >= 11 is 0. The molecule has 6 N–H and O–H groups in total. The van der Waals surface area contributed by atoms with E-state index in [2.05, 4.69) is 0 Å². The molecule has 78 valence electrons. The van der Waals surface area contributed by atoms with Crippen molar-refractivity contribution in [3.05, 3.63) is 35.9 Å². The molecule has 0 aliphatic carbocycles. The highest BCUT2D eigenvalue weighted by Crippen LogP contribution is 2.14. The van der Waals surface area contributed by atoms with Crippen molar-refractivity contribution in [3.63, 3.8) is 0 Å². The van der Waals surface area contributed by atoms with E-state index in [-0.39, 0.29) is 5.48 Å². The van der Waals surface area contributed by atoms with E-state index in [1.165, 1.54) is 0 Å². The molecule has 0 saturated carbocycles. The molecule has 0 radical (unpaired) electrons. The van der Waals surface area contributed by atoms with Gasteiger partial charge in [-0.3, -0.25) is 4.79 Å². The van der Waals surface area contributed by atoms with Crippen LogP contribution in [0, 0.1) is 0 Å². The van der Waals surface area contributed by atoms with Crippen LogP contribution in [0.3, 0.4) is 0 Å². The van der Waals surface area contributed by atoms with Gasteiger partial charge in [0, 0.05) is 0 Å². The van der Waals surface area contributed by atoms with Crippen molar-refractivity contribution >= 4 is 5.97 Å². The van der Waals surface area contributed by atoms with Crippen molar-refractivity contribution in [2.24, 2.45) is 5.73 Å². The zero-order valence-corrected chi connectivity index (χ0v) is 7.42. The Bertz CT molecular complexity index is 288. The van der Waals surface area contributed by atoms with E-state index in [1.807, 2.05) is 0 Å². The molecule has 1 aromatic carbocycles. The number of hydrogen-bond acceptors (Lipinski definition) is 3. The number of hydrogen-bond donors (Lipinski definition) is 3. The van der Waals surface area contributed by atoms with Crippen LogP contribution >= 0.6 is 0 Å². The van der Waals surface area contributed by atoms with E-state index < -0.39 is 18.1 Å². The van der Waals surface area contributed by atoms with Crippen LogP contribution in [0.25, 0.3) is 0 Å². The van der Waals surface area contributed by atoms with Crippen LogP contribution in [0.2, 0.25) is 0 Å². The molecular weight excluding hydrogens is 186 g/mol. The minimum Gasteiger partial charge on any atom is -0.480 e. The number of nitrogens with two attached hydrogens (primary N) is 1. The van der Waals surface area contributed by atoms with Crippen molar-refractivity contribution in [3.8, 4) is 0 Å². The normalized spacial score (nSPS) is 13.9. The lowest BCUT2D eigenvalue weighted by atomic mass is 10.0. The third kappa shape index (κ3) is 2.81. The quantitative estimate of drug-likeness (QED) is 0.597. The van der Waals surface area contributed by atoms with Gasteiger partial charge in [0.15, 0.2) is 0 Å². The molecule has 0 unspecified atom stereocenters. The summed E-state index contributed by atoms with van der Waals surface area (Å²) in [5, 5.41) is 18.0. The molecule has 0 amide bonds. The van der Waals surface area contributed by atoms with Gasteiger partial charge in [-0.25, -0.2) is 0 Å². The van der Waals surface area contributed by atoms with Crippen LogP contribution in [0.4, 0.5) is 0 Å². The summed E-state index contributed by atoms with van der Waals surface area (Å²) < 4.78 is 0. The van der Waals surface area contributed by atoms with Crippen molar-refractivity contribution in [1.29, 1.82) is 0 Å². The number of aliphatic carboxylic acids is 1. The maximum Gasteiger partial charge on any atom is 0.323 e. The first-order chi connectivity index (χ1) is 6.13. The van der Waals surface area contributed by atoms with Crippen molar-refractivity contribution in [1.82, 2.24) is 0 Å². The van der Waals surface area contributed by atoms with Crippen molar-refractivity contribution < 1.29 is 20.5 Å². The van der Waals surface area contributed by atoms with E-state index in [9.17, 15) is 9.90 Å². The minimum absolute atomic E-state index is 0. The third-order valence-corrected chi connectivity index (χ3v) is 1.77. The van der Waals surface area contributed by atoms with Crippen LogP contribution < -0.4 is 5.73 Å². The average Bonchev–Trinajstić information content (AvgIpc) is 2.17. The molecule has 0 aliphatic rings. The third-order valence-electron chi connectivity index (χ3n) is 1.77. The second-order valence-electron chi connectivity index (χ2n) is 2.72. The van der Waals surface area contributed by atoms with Gasteiger partial charge >= 0.3 is 5.97 Å². The predicted molar refractivity (Wildman–Crippen MR) is 50.6 cm³/mol. The molecule has 0 saturated heterocycles. The highest BCUT2D eigenvalue weighted by Gasteiger charge is 2.22. The summed E-state index contributed by atoms with van der Waals surface area (Å²) in [6.07, 6.45) is -1.15. The highest BCUT2D eigenvalue weighted by molar-refractivity contribution is 5.74. The summed E-state index contributed by atoms with van der Waals surface area (Å²) in [5.41, 5.74) is 5.75. The topological polar surface area (TPSA) is 115 Å². The Morgan fingerprint density at radius 2 is 1.79 bits per heavy atom. The van der Waals surface area contributed by atoms with Crippen molar-refractivity contribution in [2.45, 2.75) is 12.1 Å². The number of carbonyl (C=O) groups is 1. The molecule has 2 atom stereocenters. The molecule has 0 aromatic heterocycles. The van der Waals surface area contributed by atoms with Crippen LogP contribution in [0.15, 0.2) is 30.3 Å². The average molecular weight is 199 g/mol. The Morgan fingerprint density at radius 3 is 2.21 bits per heavy atom. The van der Waals surface area contributed by atoms with Gasteiger partial charge in [-0.1, -0.05) is 30.3 Å². The van der Waals surface area contributed by atoms with E-state index in [0.29, 0.717) is 5.56 Å². The number of aliphatic hydroxyl groups excluding tert-OH is 1. The Labute approximate surface area is 81.1 Å². The van der Waals surface area contributed by atoms with Gasteiger partial charge in [0.05, 0.1) is 0 Å². The molecular formula is C9H13NO4. The summed E-state index contributed by atoms with van der Waals surface area (Å²) in [5.74, 6) is -1.21. The molecule has 0 heterocycles. The molecule has 0 bridgehead atoms. The molecule has 5 nitrogen and oxygen atoms in total. The number of carboxylic acid groups (broad SMARTS) is 1.